The Labute approximate surface area is 110 Å². The van der Waals surface area contributed by atoms with Gasteiger partial charge in [0.2, 0.25) is 0 Å². The van der Waals surface area contributed by atoms with Crippen molar-refractivity contribution in [1.82, 2.24) is 0 Å². The maximum absolute atomic E-state index is 2.53. The molecule has 1 spiro atoms. The third-order valence-corrected chi connectivity index (χ3v) is 5.74. The topological polar surface area (TPSA) is 0 Å². The first kappa shape index (κ1) is 10.8. The van der Waals surface area contributed by atoms with Crippen LogP contribution >= 0.6 is 0 Å². The summed E-state index contributed by atoms with van der Waals surface area (Å²) in [5, 5.41) is 0. The van der Waals surface area contributed by atoms with Gasteiger partial charge in [0.25, 0.3) is 0 Å². The quantitative estimate of drug-likeness (QED) is 0.639. The lowest BCUT2D eigenvalue weighted by molar-refractivity contribution is 0.195. The van der Waals surface area contributed by atoms with E-state index in [0.717, 1.165) is 11.8 Å². The van der Waals surface area contributed by atoms with Crippen LogP contribution in [0.4, 0.5) is 0 Å². The Balaban J connectivity index is 1.70. The molecule has 1 fully saturated rings. The number of aryl methyl sites for hydroxylation is 2. The number of hydrogen-bond acceptors (Lipinski definition) is 0. The minimum absolute atomic E-state index is 0.638. The van der Waals surface area contributed by atoms with E-state index in [2.05, 4.69) is 37.3 Å². The molecule has 0 heterocycles. The lowest BCUT2D eigenvalue weighted by atomic mass is 9.64. The molecule has 0 aliphatic heterocycles. The summed E-state index contributed by atoms with van der Waals surface area (Å²) in [6, 6.07) is 7.22. The third-order valence-electron chi connectivity index (χ3n) is 5.74. The van der Waals surface area contributed by atoms with Gasteiger partial charge in [-0.15, -0.1) is 0 Å². The van der Waals surface area contributed by atoms with E-state index in [4.69, 9.17) is 0 Å². The van der Waals surface area contributed by atoms with Gasteiger partial charge in [-0.2, -0.15) is 0 Å². The van der Waals surface area contributed by atoms with Gasteiger partial charge >= 0.3 is 0 Å². The van der Waals surface area contributed by atoms with Crippen LogP contribution in [0.5, 0.6) is 0 Å². The highest BCUT2D eigenvalue weighted by Crippen LogP contribution is 2.57. The number of allylic oxidation sites excluding steroid dienone is 2. The second kappa shape index (κ2) is 3.73. The highest BCUT2D eigenvalue weighted by Gasteiger charge is 2.49. The molecule has 4 rings (SSSR count). The highest BCUT2D eigenvalue weighted by molar-refractivity contribution is 5.37. The van der Waals surface area contributed by atoms with Gasteiger partial charge in [-0.25, -0.2) is 0 Å². The maximum atomic E-state index is 2.53. The minimum Gasteiger partial charge on any atom is -0.0851 e. The standard InChI is InChI=1S/C18H22/c1-2-13-3-5-15-7-8-18(12-16(15)9-13)11-14-4-6-17(18)10-14/h3-6,9,14,17H,2,7-8,10-12H2,1H3. The Morgan fingerprint density at radius 2 is 2.17 bits per heavy atom. The summed E-state index contributed by atoms with van der Waals surface area (Å²) in [5.74, 6) is 1.80. The molecular formula is C18H22. The van der Waals surface area contributed by atoms with E-state index in [1.54, 1.807) is 11.1 Å². The van der Waals surface area contributed by atoms with Crippen LogP contribution in [0.1, 0.15) is 42.9 Å². The summed E-state index contributed by atoms with van der Waals surface area (Å²) in [4.78, 5) is 0. The van der Waals surface area contributed by atoms with Crippen LogP contribution in [0.3, 0.4) is 0 Å². The van der Waals surface area contributed by atoms with Gasteiger partial charge in [0.05, 0.1) is 0 Å². The maximum Gasteiger partial charge on any atom is -0.0168 e. The van der Waals surface area contributed by atoms with Crippen molar-refractivity contribution in [3.05, 3.63) is 47.0 Å². The number of rotatable bonds is 1. The van der Waals surface area contributed by atoms with E-state index in [0.29, 0.717) is 5.41 Å². The fourth-order valence-corrected chi connectivity index (χ4v) is 4.70. The average Bonchev–Trinajstić information content (AvgIpc) is 2.98. The fourth-order valence-electron chi connectivity index (χ4n) is 4.70. The van der Waals surface area contributed by atoms with Crippen molar-refractivity contribution < 1.29 is 0 Å². The van der Waals surface area contributed by atoms with Crippen molar-refractivity contribution in [3.8, 4) is 0 Å². The Hall–Kier alpha value is -1.04. The molecule has 0 amide bonds. The van der Waals surface area contributed by atoms with Gasteiger partial charge in [-0.3, -0.25) is 0 Å². The van der Waals surface area contributed by atoms with Crippen molar-refractivity contribution in [1.29, 1.82) is 0 Å². The number of hydrogen-bond donors (Lipinski definition) is 0. The van der Waals surface area contributed by atoms with Crippen molar-refractivity contribution in [2.24, 2.45) is 17.3 Å². The van der Waals surface area contributed by atoms with Crippen LogP contribution < -0.4 is 0 Å². The number of benzene rings is 1. The van der Waals surface area contributed by atoms with Gasteiger partial charge in [-0.05, 0) is 72.5 Å². The van der Waals surface area contributed by atoms with Gasteiger partial charge in [-0.1, -0.05) is 37.3 Å². The lowest BCUT2D eigenvalue weighted by Gasteiger charge is -2.40. The van der Waals surface area contributed by atoms with Crippen LogP contribution in [0.2, 0.25) is 0 Å². The molecule has 3 atom stereocenters. The van der Waals surface area contributed by atoms with E-state index in [9.17, 15) is 0 Å². The Morgan fingerprint density at radius 1 is 1.22 bits per heavy atom. The van der Waals surface area contributed by atoms with Crippen LogP contribution in [0, 0.1) is 17.3 Å². The van der Waals surface area contributed by atoms with Crippen LogP contribution in [-0.2, 0) is 19.3 Å². The van der Waals surface area contributed by atoms with E-state index < -0.39 is 0 Å². The second-order valence-electron chi connectivity index (χ2n) is 6.69. The van der Waals surface area contributed by atoms with Gasteiger partial charge in [0.15, 0.2) is 0 Å². The molecule has 1 saturated carbocycles. The normalized spacial score (nSPS) is 36.3. The molecule has 1 aromatic carbocycles. The first-order chi connectivity index (χ1) is 8.79. The second-order valence-corrected chi connectivity index (χ2v) is 6.69. The van der Waals surface area contributed by atoms with Crippen molar-refractivity contribution >= 4 is 0 Å². The first-order valence-corrected chi connectivity index (χ1v) is 7.58. The molecule has 0 saturated heterocycles. The van der Waals surface area contributed by atoms with Crippen molar-refractivity contribution in [2.45, 2.75) is 45.4 Å². The molecule has 0 nitrogen and oxygen atoms in total. The summed E-state index contributed by atoms with van der Waals surface area (Å²) in [5.41, 5.74) is 5.45. The summed E-state index contributed by atoms with van der Waals surface area (Å²) in [6.45, 7) is 2.26. The average molecular weight is 238 g/mol. The Bertz CT molecular complexity index is 511. The molecule has 18 heavy (non-hydrogen) atoms. The SMILES string of the molecule is CCc1ccc2c(c1)CC1(CC2)CC2C=CC1C2. The third kappa shape index (κ3) is 1.44. The predicted molar refractivity (Wildman–Crippen MR) is 75.6 cm³/mol. The molecule has 0 heteroatoms. The smallest absolute Gasteiger partial charge is 0.0168 e. The Morgan fingerprint density at radius 3 is 2.89 bits per heavy atom. The molecular weight excluding hydrogens is 216 g/mol. The first-order valence-electron chi connectivity index (χ1n) is 7.58. The van der Waals surface area contributed by atoms with E-state index in [-0.39, 0.29) is 0 Å². The van der Waals surface area contributed by atoms with Crippen molar-refractivity contribution in [3.63, 3.8) is 0 Å². The molecule has 0 N–H and O–H groups in total. The van der Waals surface area contributed by atoms with Crippen LogP contribution in [-0.4, -0.2) is 0 Å². The van der Waals surface area contributed by atoms with E-state index in [1.807, 2.05) is 0 Å². The molecule has 94 valence electrons. The van der Waals surface area contributed by atoms with Gasteiger partial charge in [0, 0.05) is 0 Å². The largest absolute Gasteiger partial charge is 0.0851 e. The molecule has 1 aromatic rings. The van der Waals surface area contributed by atoms with Crippen molar-refractivity contribution in [2.75, 3.05) is 0 Å². The molecule has 0 radical (unpaired) electrons. The van der Waals surface area contributed by atoms with E-state index >= 15 is 0 Å². The molecule has 3 aliphatic carbocycles. The zero-order valence-corrected chi connectivity index (χ0v) is 11.3. The van der Waals surface area contributed by atoms with Crippen LogP contribution in [0.15, 0.2) is 30.4 Å². The van der Waals surface area contributed by atoms with Crippen LogP contribution in [0.25, 0.3) is 0 Å². The highest BCUT2D eigenvalue weighted by atomic mass is 14.5. The molecule has 0 aromatic heterocycles. The zero-order chi connectivity index (χ0) is 12.2. The summed E-state index contributed by atoms with van der Waals surface area (Å²) in [6.07, 6.45) is 13.2. The molecule has 3 unspecified atom stereocenters. The summed E-state index contributed by atoms with van der Waals surface area (Å²) in [7, 11) is 0. The number of fused-ring (bicyclic) bond motifs is 4. The summed E-state index contributed by atoms with van der Waals surface area (Å²) < 4.78 is 0. The lowest BCUT2D eigenvalue weighted by Crippen LogP contribution is -2.32. The van der Waals surface area contributed by atoms with Gasteiger partial charge in [0.1, 0.15) is 0 Å². The minimum atomic E-state index is 0.638. The van der Waals surface area contributed by atoms with E-state index in [1.165, 1.54) is 44.1 Å². The summed E-state index contributed by atoms with van der Waals surface area (Å²) >= 11 is 0. The monoisotopic (exact) mass is 238 g/mol. The molecule has 3 aliphatic rings. The predicted octanol–water partition coefficient (Wildman–Crippen LogP) is 4.32. The van der Waals surface area contributed by atoms with Gasteiger partial charge < -0.3 is 0 Å². The zero-order valence-electron chi connectivity index (χ0n) is 11.3. The fraction of sp³-hybridized carbons (Fsp3) is 0.556. The molecule has 2 bridgehead atoms. The Kier molecular flexibility index (Phi) is 2.24.